The molecule has 6 nitrogen and oxygen atoms in total. The minimum Gasteiger partial charge on any atom is -0.478 e. The smallest absolute Gasteiger partial charge is 0.335 e. The summed E-state index contributed by atoms with van der Waals surface area (Å²) in [6.07, 6.45) is 1.72. The Bertz CT molecular complexity index is 794. The number of carboxylic acid groups (broad SMARTS) is 1. The van der Waals surface area contributed by atoms with Crippen molar-refractivity contribution in [1.82, 2.24) is 14.9 Å². The van der Waals surface area contributed by atoms with Crippen molar-refractivity contribution < 1.29 is 14.7 Å². The molecular weight excluding hydrogens is 318 g/mol. The average molecular weight is 339 g/mol. The lowest BCUT2D eigenvalue weighted by molar-refractivity contribution is -0.129. The Morgan fingerprint density at radius 3 is 2.32 bits per heavy atom. The van der Waals surface area contributed by atoms with E-state index in [4.69, 9.17) is 10.1 Å². The fraction of sp³-hybridized carbons (Fsp3) is 0.368. The number of piperidine rings is 1. The Morgan fingerprint density at radius 1 is 1.12 bits per heavy atom. The highest BCUT2D eigenvalue weighted by molar-refractivity contribution is 5.88. The lowest BCUT2D eigenvalue weighted by Gasteiger charge is -2.30. The van der Waals surface area contributed by atoms with Gasteiger partial charge in [-0.3, -0.25) is 4.79 Å². The first-order valence-corrected chi connectivity index (χ1v) is 8.39. The van der Waals surface area contributed by atoms with E-state index in [2.05, 4.69) is 4.98 Å². The highest BCUT2D eigenvalue weighted by Crippen LogP contribution is 2.28. The quantitative estimate of drug-likeness (QED) is 0.929. The molecule has 1 aliphatic heterocycles. The maximum Gasteiger partial charge on any atom is 0.335 e. The first-order chi connectivity index (χ1) is 11.9. The van der Waals surface area contributed by atoms with Gasteiger partial charge in [0.15, 0.2) is 0 Å². The number of rotatable bonds is 3. The number of carbonyl (C=O) groups is 2. The van der Waals surface area contributed by atoms with E-state index >= 15 is 0 Å². The molecule has 1 aliphatic rings. The largest absolute Gasteiger partial charge is 0.478 e. The van der Waals surface area contributed by atoms with Crippen LogP contribution >= 0.6 is 0 Å². The predicted molar refractivity (Wildman–Crippen MR) is 93.4 cm³/mol. The number of nitrogens with zero attached hydrogens (tertiary/aromatic N) is 3. The number of benzene rings is 1. The molecule has 0 unspecified atom stereocenters. The van der Waals surface area contributed by atoms with Gasteiger partial charge in [-0.25, -0.2) is 14.8 Å². The lowest BCUT2D eigenvalue weighted by atomic mass is 9.95. The van der Waals surface area contributed by atoms with Crippen LogP contribution in [0.3, 0.4) is 0 Å². The first kappa shape index (κ1) is 17.1. The zero-order valence-electron chi connectivity index (χ0n) is 14.4. The molecule has 6 heteroatoms. The molecule has 25 heavy (non-hydrogen) atoms. The second kappa shape index (κ2) is 7.01. The zero-order chi connectivity index (χ0) is 18.0. The molecule has 1 fully saturated rings. The Balaban J connectivity index is 1.83. The van der Waals surface area contributed by atoms with Crippen molar-refractivity contribution in [3.63, 3.8) is 0 Å². The van der Waals surface area contributed by atoms with Crippen molar-refractivity contribution in [1.29, 1.82) is 0 Å². The monoisotopic (exact) mass is 339 g/mol. The third-order valence-electron chi connectivity index (χ3n) is 4.60. The van der Waals surface area contributed by atoms with Crippen LogP contribution in [0.25, 0.3) is 11.3 Å². The van der Waals surface area contributed by atoms with Gasteiger partial charge in [-0.2, -0.15) is 0 Å². The standard InChI is InChI=1S/C19H21N3O3/c1-12-11-17(14-3-5-16(6-4-14)19(24)25)21-18(20-12)15-7-9-22(10-8-15)13(2)23/h3-6,11,15H,7-10H2,1-2H3,(H,24,25). The number of aromatic carboxylic acids is 1. The van der Waals surface area contributed by atoms with Crippen LogP contribution in [0.15, 0.2) is 30.3 Å². The summed E-state index contributed by atoms with van der Waals surface area (Å²) in [5.41, 5.74) is 2.81. The van der Waals surface area contributed by atoms with Crippen molar-refractivity contribution in [2.45, 2.75) is 32.6 Å². The molecule has 1 aromatic heterocycles. The molecular formula is C19H21N3O3. The van der Waals surface area contributed by atoms with Gasteiger partial charge >= 0.3 is 5.97 Å². The molecule has 1 amide bonds. The van der Waals surface area contributed by atoms with E-state index in [1.165, 1.54) is 0 Å². The molecule has 0 saturated carbocycles. The molecule has 0 atom stereocenters. The van der Waals surface area contributed by atoms with Crippen molar-refractivity contribution in [2.24, 2.45) is 0 Å². The van der Waals surface area contributed by atoms with Crippen LogP contribution in [0, 0.1) is 6.92 Å². The number of aromatic nitrogens is 2. The van der Waals surface area contributed by atoms with E-state index in [-0.39, 0.29) is 17.4 Å². The van der Waals surface area contributed by atoms with Gasteiger partial charge in [0.1, 0.15) is 5.82 Å². The number of hydrogen-bond acceptors (Lipinski definition) is 4. The highest BCUT2D eigenvalue weighted by Gasteiger charge is 2.24. The van der Waals surface area contributed by atoms with Crippen molar-refractivity contribution in [3.05, 3.63) is 47.4 Å². The maximum atomic E-state index is 11.5. The van der Waals surface area contributed by atoms with Gasteiger partial charge in [0.05, 0.1) is 11.3 Å². The molecule has 3 rings (SSSR count). The fourth-order valence-electron chi connectivity index (χ4n) is 3.16. The molecule has 1 N–H and O–H groups in total. The van der Waals surface area contributed by atoms with Crippen molar-refractivity contribution in [3.8, 4) is 11.3 Å². The van der Waals surface area contributed by atoms with Gasteiger partial charge in [-0.15, -0.1) is 0 Å². The van der Waals surface area contributed by atoms with Gasteiger partial charge in [0.25, 0.3) is 0 Å². The summed E-state index contributed by atoms with van der Waals surface area (Å²) in [6, 6.07) is 8.62. The van der Waals surface area contributed by atoms with Crippen LogP contribution < -0.4 is 0 Å². The number of likely N-dealkylation sites (tertiary alicyclic amines) is 1. The minimum absolute atomic E-state index is 0.114. The number of aryl methyl sites for hydroxylation is 1. The predicted octanol–water partition coefficient (Wildman–Crippen LogP) is 2.88. The summed E-state index contributed by atoms with van der Waals surface area (Å²) < 4.78 is 0. The minimum atomic E-state index is -0.941. The molecule has 0 aliphatic carbocycles. The SMILES string of the molecule is CC(=O)N1CCC(c2nc(C)cc(-c3ccc(C(=O)O)cc3)n2)CC1. The second-order valence-electron chi connectivity index (χ2n) is 6.42. The molecule has 130 valence electrons. The van der Waals surface area contributed by atoms with Gasteiger partial charge in [0, 0.05) is 37.2 Å². The van der Waals surface area contributed by atoms with Gasteiger partial charge in [-0.05, 0) is 38.0 Å². The summed E-state index contributed by atoms with van der Waals surface area (Å²) in [5, 5.41) is 9.01. The second-order valence-corrected chi connectivity index (χ2v) is 6.42. The van der Waals surface area contributed by atoms with E-state index in [1.54, 1.807) is 31.2 Å². The summed E-state index contributed by atoms with van der Waals surface area (Å²) >= 11 is 0. The molecule has 1 aromatic carbocycles. The van der Waals surface area contributed by atoms with Crippen LogP contribution in [0.4, 0.5) is 0 Å². The van der Waals surface area contributed by atoms with E-state index in [0.717, 1.165) is 48.7 Å². The Kier molecular flexibility index (Phi) is 4.79. The first-order valence-electron chi connectivity index (χ1n) is 8.39. The Labute approximate surface area is 146 Å². The topological polar surface area (TPSA) is 83.4 Å². The Morgan fingerprint density at radius 2 is 1.76 bits per heavy atom. The molecule has 2 aromatic rings. The summed E-state index contributed by atoms with van der Waals surface area (Å²) in [5.74, 6) is 0.221. The van der Waals surface area contributed by atoms with Crippen molar-refractivity contribution >= 4 is 11.9 Å². The van der Waals surface area contributed by atoms with Crippen LogP contribution in [0.1, 0.15) is 47.6 Å². The summed E-state index contributed by atoms with van der Waals surface area (Å²) in [6.45, 7) is 5.01. The maximum absolute atomic E-state index is 11.5. The molecule has 0 bridgehead atoms. The third-order valence-corrected chi connectivity index (χ3v) is 4.60. The van der Waals surface area contributed by atoms with E-state index < -0.39 is 5.97 Å². The van der Waals surface area contributed by atoms with Crippen LogP contribution in [-0.2, 0) is 4.79 Å². The summed E-state index contributed by atoms with van der Waals surface area (Å²) in [7, 11) is 0. The Hall–Kier alpha value is -2.76. The average Bonchev–Trinajstić information content (AvgIpc) is 2.61. The molecule has 0 spiro atoms. The number of carbonyl (C=O) groups excluding carboxylic acids is 1. The zero-order valence-corrected chi connectivity index (χ0v) is 14.4. The van der Waals surface area contributed by atoms with E-state index in [9.17, 15) is 9.59 Å². The number of hydrogen-bond donors (Lipinski definition) is 1. The fourth-order valence-corrected chi connectivity index (χ4v) is 3.16. The molecule has 2 heterocycles. The third kappa shape index (κ3) is 3.84. The van der Waals surface area contributed by atoms with Crippen LogP contribution in [0.2, 0.25) is 0 Å². The number of carboxylic acids is 1. The van der Waals surface area contributed by atoms with Crippen molar-refractivity contribution in [2.75, 3.05) is 13.1 Å². The van der Waals surface area contributed by atoms with Crippen LogP contribution in [0.5, 0.6) is 0 Å². The number of amides is 1. The molecule has 1 saturated heterocycles. The van der Waals surface area contributed by atoms with Gasteiger partial charge in [0.2, 0.25) is 5.91 Å². The lowest BCUT2D eigenvalue weighted by Crippen LogP contribution is -2.36. The van der Waals surface area contributed by atoms with Gasteiger partial charge in [-0.1, -0.05) is 12.1 Å². The molecule has 0 radical (unpaired) electrons. The van der Waals surface area contributed by atoms with E-state index in [0.29, 0.717) is 0 Å². The summed E-state index contributed by atoms with van der Waals surface area (Å²) in [4.78, 5) is 33.6. The van der Waals surface area contributed by atoms with Gasteiger partial charge < -0.3 is 10.0 Å². The van der Waals surface area contributed by atoms with Crippen LogP contribution in [-0.4, -0.2) is 44.9 Å². The normalized spacial score (nSPS) is 15.2. The highest BCUT2D eigenvalue weighted by atomic mass is 16.4. The van der Waals surface area contributed by atoms with E-state index in [1.807, 2.05) is 17.9 Å².